The lowest BCUT2D eigenvalue weighted by Gasteiger charge is -2.18. The van der Waals surface area contributed by atoms with E-state index in [4.69, 9.17) is 10.4 Å². The minimum atomic E-state index is 0.423. The molecular formula is C13H18N4O. The molecule has 3 N–H and O–H groups in total. The number of nitrogens with zero attached hydrogens (tertiary/aromatic N) is 2. The molecule has 96 valence electrons. The van der Waals surface area contributed by atoms with Crippen molar-refractivity contribution in [3.05, 3.63) is 12.1 Å². The van der Waals surface area contributed by atoms with Gasteiger partial charge in [-0.3, -0.25) is 0 Å². The maximum absolute atomic E-state index is 5.83. The fraction of sp³-hybridized carbons (Fsp3) is 0.538. The largest absolute Gasteiger partial charge is 0.397 e. The molecule has 1 unspecified atom stereocenters. The van der Waals surface area contributed by atoms with E-state index in [0.29, 0.717) is 22.7 Å². The SMILES string of the molecule is CC1(C)CCC(Nc2ccc(N)c3nonc23)C1. The van der Waals surface area contributed by atoms with Crippen LogP contribution in [-0.2, 0) is 0 Å². The Bertz CT molecular complexity index is 575. The molecule has 1 aliphatic rings. The number of anilines is 2. The van der Waals surface area contributed by atoms with E-state index < -0.39 is 0 Å². The molecule has 0 amide bonds. The summed E-state index contributed by atoms with van der Waals surface area (Å²) in [5, 5.41) is 11.3. The van der Waals surface area contributed by atoms with Gasteiger partial charge in [0.25, 0.3) is 0 Å². The summed E-state index contributed by atoms with van der Waals surface area (Å²) in [5.41, 5.74) is 9.17. The van der Waals surface area contributed by atoms with Gasteiger partial charge in [-0.25, -0.2) is 4.63 Å². The highest BCUT2D eigenvalue weighted by molar-refractivity contribution is 5.95. The molecule has 1 aliphatic carbocycles. The molecular weight excluding hydrogens is 228 g/mol. The summed E-state index contributed by atoms with van der Waals surface area (Å²) in [5.74, 6) is 0. The lowest BCUT2D eigenvalue weighted by atomic mass is 9.92. The molecule has 1 aromatic carbocycles. The van der Waals surface area contributed by atoms with E-state index in [1.165, 1.54) is 19.3 Å². The molecule has 5 heteroatoms. The van der Waals surface area contributed by atoms with Gasteiger partial charge in [-0.1, -0.05) is 13.8 Å². The summed E-state index contributed by atoms with van der Waals surface area (Å²) in [7, 11) is 0. The molecule has 1 heterocycles. The standard InChI is InChI=1S/C13H18N4O/c1-13(2)6-5-8(7-13)15-10-4-3-9(14)11-12(10)17-18-16-11/h3-4,8,15H,5-7,14H2,1-2H3. The predicted octanol–water partition coefficient (Wildman–Crippen LogP) is 2.80. The Balaban J connectivity index is 1.87. The van der Waals surface area contributed by atoms with E-state index in [0.717, 1.165) is 11.2 Å². The van der Waals surface area contributed by atoms with Gasteiger partial charge in [0.1, 0.15) is 0 Å². The number of benzene rings is 1. The number of nitrogens with two attached hydrogens (primary N) is 1. The van der Waals surface area contributed by atoms with Gasteiger partial charge in [-0.15, -0.1) is 0 Å². The van der Waals surface area contributed by atoms with Crippen LogP contribution >= 0.6 is 0 Å². The smallest absolute Gasteiger partial charge is 0.160 e. The third-order valence-corrected chi connectivity index (χ3v) is 3.77. The Labute approximate surface area is 106 Å². The molecule has 3 rings (SSSR count). The highest BCUT2D eigenvalue weighted by Crippen LogP contribution is 2.39. The first-order valence-electron chi connectivity index (χ1n) is 6.32. The van der Waals surface area contributed by atoms with E-state index in [9.17, 15) is 0 Å². The van der Waals surface area contributed by atoms with Gasteiger partial charge in [-0.05, 0) is 47.1 Å². The normalized spacial score (nSPS) is 22.4. The molecule has 18 heavy (non-hydrogen) atoms. The Morgan fingerprint density at radius 1 is 1.33 bits per heavy atom. The molecule has 0 saturated heterocycles. The van der Waals surface area contributed by atoms with Crippen molar-refractivity contribution in [1.29, 1.82) is 0 Å². The van der Waals surface area contributed by atoms with Crippen LogP contribution in [0, 0.1) is 5.41 Å². The van der Waals surface area contributed by atoms with Gasteiger partial charge in [0.2, 0.25) is 0 Å². The summed E-state index contributed by atoms with van der Waals surface area (Å²) in [6.07, 6.45) is 3.61. The van der Waals surface area contributed by atoms with E-state index in [1.807, 2.05) is 12.1 Å². The Morgan fingerprint density at radius 3 is 2.83 bits per heavy atom. The van der Waals surface area contributed by atoms with E-state index in [1.54, 1.807) is 0 Å². The Hall–Kier alpha value is -1.78. The second-order valence-electron chi connectivity index (χ2n) is 5.91. The average molecular weight is 246 g/mol. The lowest BCUT2D eigenvalue weighted by molar-refractivity contribution is 0.315. The van der Waals surface area contributed by atoms with Crippen molar-refractivity contribution in [3.63, 3.8) is 0 Å². The van der Waals surface area contributed by atoms with Crippen LogP contribution in [0.25, 0.3) is 11.0 Å². The van der Waals surface area contributed by atoms with Crippen molar-refractivity contribution >= 4 is 22.4 Å². The molecule has 2 aromatic rings. The number of hydrogen-bond donors (Lipinski definition) is 2. The number of nitrogen functional groups attached to an aromatic ring is 1. The van der Waals surface area contributed by atoms with Crippen LogP contribution in [-0.4, -0.2) is 16.4 Å². The number of hydrogen-bond acceptors (Lipinski definition) is 5. The molecule has 0 bridgehead atoms. The average Bonchev–Trinajstić information content (AvgIpc) is 2.90. The number of fused-ring (bicyclic) bond motifs is 1. The molecule has 1 fully saturated rings. The van der Waals surface area contributed by atoms with Crippen LogP contribution in [0.15, 0.2) is 16.8 Å². The molecule has 1 saturated carbocycles. The third kappa shape index (κ3) is 1.89. The first-order valence-corrected chi connectivity index (χ1v) is 6.32. The van der Waals surface area contributed by atoms with Crippen LogP contribution in [0.2, 0.25) is 0 Å². The second-order valence-corrected chi connectivity index (χ2v) is 5.91. The molecule has 1 aromatic heterocycles. The first kappa shape index (κ1) is 11.3. The molecule has 0 radical (unpaired) electrons. The number of nitrogens with one attached hydrogen (secondary N) is 1. The quantitative estimate of drug-likeness (QED) is 0.797. The zero-order valence-electron chi connectivity index (χ0n) is 10.7. The van der Waals surface area contributed by atoms with E-state index in [-0.39, 0.29) is 0 Å². The van der Waals surface area contributed by atoms with Crippen molar-refractivity contribution in [2.75, 3.05) is 11.1 Å². The van der Waals surface area contributed by atoms with Crippen LogP contribution in [0.3, 0.4) is 0 Å². The lowest BCUT2D eigenvalue weighted by Crippen LogP contribution is -2.17. The maximum Gasteiger partial charge on any atom is 0.160 e. The number of aromatic nitrogens is 2. The van der Waals surface area contributed by atoms with Gasteiger partial charge >= 0.3 is 0 Å². The highest BCUT2D eigenvalue weighted by Gasteiger charge is 2.31. The highest BCUT2D eigenvalue weighted by atomic mass is 16.6. The van der Waals surface area contributed by atoms with Gasteiger partial charge in [0.15, 0.2) is 11.0 Å². The monoisotopic (exact) mass is 246 g/mol. The summed E-state index contributed by atoms with van der Waals surface area (Å²) < 4.78 is 4.77. The Kier molecular flexibility index (Phi) is 2.43. The minimum Gasteiger partial charge on any atom is -0.397 e. The van der Waals surface area contributed by atoms with Crippen LogP contribution < -0.4 is 11.1 Å². The van der Waals surface area contributed by atoms with Gasteiger partial charge in [-0.2, -0.15) is 0 Å². The summed E-state index contributed by atoms with van der Waals surface area (Å²) >= 11 is 0. The minimum absolute atomic E-state index is 0.423. The van der Waals surface area contributed by atoms with Gasteiger partial charge < -0.3 is 11.1 Å². The zero-order valence-corrected chi connectivity index (χ0v) is 10.7. The molecule has 0 aliphatic heterocycles. The third-order valence-electron chi connectivity index (χ3n) is 3.77. The van der Waals surface area contributed by atoms with Crippen molar-refractivity contribution < 1.29 is 4.63 Å². The van der Waals surface area contributed by atoms with Crippen LogP contribution in [0.5, 0.6) is 0 Å². The topological polar surface area (TPSA) is 77.0 Å². The maximum atomic E-state index is 5.83. The summed E-state index contributed by atoms with van der Waals surface area (Å²) in [6, 6.07) is 4.28. The second kappa shape index (κ2) is 3.86. The van der Waals surface area contributed by atoms with E-state index in [2.05, 4.69) is 29.5 Å². The van der Waals surface area contributed by atoms with Crippen LogP contribution in [0.1, 0.15) is 33.1 Å². The molecule has 0 spiro atoms. The predicted molar refractivity (Wildman–Crippen MR) is 71.3 cm³/mol. The number of rotatable bonds is 2. The van der Waals surface area contributed by atoms with Gasteiger partial charge in [0, 0.05) is 6.04 Å². The van der Waals surface area contributed by atoms with Crippen molar-refractivity contribution in [2.24, 2.45) is 5.41 Å². The van der Waals surface area contributed by atoms with Crippen molar-refractivity contribution in [3.8, 4) is 0 Å². The van der Waals surface area contributed by atoms with Crippen molar-refractivity contribution in [1.82, 2.24) is 10.3 Å². The fourth-order valence-electron chi connectivity index (χ4n) is 2.78. The fourth-order valence-corrected chi connectivity index (χ4v) is 2.78. The first-order chi connectivity index (χ1) is 8.55. The Morgan fingerprint density at radius 2 is 2.11 bits per heavy atom. The summed E-state index contributed by atoms with van der Waals surface area (Å²) in [4.78, 5) is 0. The van der Waals surface area contributed by atoms with Gasteiger partial charge in [0.05, 0.1) is 11.4 Å². The molecule has 5 nitrogen and oxygen atoms in total. The molecule has 1 atom stereocenters. The van der Waals surface area contributed by atoms with Crippen molar-refractivity contribution in [2.45, 2.75) is 39.2 Å². The summed E-state index contributed by atoms with van der Waals surface area (Å²) in [6.45, 7) is 4.62. The van der Waals surface area contributed by atoms with E-state index >= 15 is 0 Å². The zero-order chi connectivity index (χ0) is 12.8. The van der Waals surface area contributed by atoms with Crippen LogP contribution in [0.4, 0.5) is 11.4 Å².